The van der Waals surface area contributed by atoms with Gasteiger partial charge in [0.15, 0.2) is 5.69 Å². The van der Waals surface area contributed by atoms with Gasteiger partial charge in [-0.3, -0.25) is 4.68 Å². The van der Waals surface area contributed by atoms with Gasteiger partial charge >= 0.3 is 12.2 Å². The Kier molecular flexibility index (Phi) is 4.71. The van der Waals surface area contributed by atoms with Crippen LogP contribution in [0.2, 0.25) is 0 Å². The first kappa shape index (κ1) is 17.1. The minimum Gasteiger partial charge on any atom is -0.376 e. The molecule has 2 saturated heterocycles. The molecule has 6 nitrogen and oxygen atoms in total. The van der Waals surface area contributed by atoms with Gasteiger partial charge in [0.25, 0.3) is 0 Å². The number of likely N-dealkylation sites (tertiary alicyclic amines) is 1. The normalized spacial score (nSPS) is 25.9. The first-order chi connectivity index (χ1) is 11.3. The Balaban J connectivity index is 1.52. The molecule has 0 aromatic carbocycles. The topological polar surface area (TPSA) is 59.4 Å². The number of aromatic nitrogens is 2. The lowest BCUT2D eigenvalue weighted by molar-refractivity contribution is -0.141. The van der Waals surface area contributed by atoms with Crippen molar-refractivity contribution in [3.05, 3.63) is 18.0 Å². The largest absolute Gasteiger partial charge is 0.435 e. The van der Waals surface area contributed by atoms with Crippen LogP contribution in [0.15, 0.2) is 12.3 Å². The fraction of sp³-hybridized carbons (Fsp3) is 0.733. The summed E-state index contributed by atoms with van der Waals surface area (Å²) >= 11 is 0. The van der Waals surface area contributed by atoms with Gasteiger partial charge in [-0.05, 0) is 32.3 Å². The lowest BCUT2D eigenvalue weighted by Gasteiger charge is -2.33. The van der Waals surface area contributed by atoms with Crippen LogP contribution in [0.5, 0.6) is 0 Å². The van der Waals surface area contributed by atoms with Crippen molar-refractivity contribution in [2.75, 3.05) is 19.7 Å². The number of piperidine rings is 1. The molecule has 9 heteroatoms. The Bertz CT molecular complexity index is 582. The van der Waals surface area contributed by atoms with E-state index in [1.165, 1.54) is 10.9 Å². The number of amides is 2. The highest BCUT2D eigenvalue weighted by molar-refractivity contribution is 5.74. The summed E-state index contributed by atoms with van der Waals surface area (Å²) in [6, 6.07) is 0.766. The van der Waals surface area contributed by atoms with Crippen molar-refractivity contribution in [3.63, 3.8) is 0 Å². The van der Waals surface area contributed by atoms with Crippen LogP contribution < -0.4 is 5.32 Å². The van der Waals surface area contributed by atoms with E-state index in [2.05, 4.69) is 10.4 Å². The van der Waals surface area contributed by atoms with Gasteiger partial charge in [0.1, 0.15) is 0 Å². The van der Waals surface area contributed by atoms with E-state index in [0.29, 0.717) is 32.5 Å². The standard InChI is InChI=1S/C15H21F3N4O2/c1-10-12(5-9-24-10)19-14(23)21-6-2-11(3-7-21)22-8-4-13(20-22)15(16,17)18/h4,8,10-12H,2-3,5-7,9H2,1H3,(H,19,23)/t10-,12-/m0/s1. The molecule has 2 amide bonds. The molecule has 3 rings (SSSR count). The van der Waals surface area contributed by atoms with Crippen LogP contribution in [0.3, 0.4) is 0 Å². The van der Waals surface area contributed by atoms with Crippen molar-refractivity contribution in [2.24, 2.45) is 0 Å². The maximum absolute atomic E-state index is 12.6. The number of halogens is 3. The number of ether oxygens (including phenoxy) is 1. The molecule has 2 fully saturated rings. The molecule has 0 radical (unpaired) electrons. The number of nitrogens with zero attached hydrogens (tertiary/aromatic N) is 3. The Labute approximate surface area is 137 Å². The minimum atomic E-state index is -4.42. The zero-order chi connectivity index (χ0) is 17.3. The van der Waals surface area contributed by atoms with Gasteiger partial charge in [-0.1, -0.05) is 0 Å². The Morgan fingerprint density at radius 2 is 2.04 bits per heavy atom. The summed E-state index contributed by atoms with van der Waals surface area (Å²) in [5.41, 5.74) is -0.877. The number of alkyl halides is 3. The SMILES string of the molecule is C[C@@H]1OCC[C@@H]1NC(=O)N1CCC(n2ccc(C(F)(F)F)n2)CC1. The number of hydrogen-bond donors (Lipinski definition) is 1. The molecule has 134 valence electrons. The van der Waals surface area contributed by atoms with Crippen LogP contribution in [-0.2, 0) is 10.9 Å². The van der Waals surface area contributed by atoms with Crippen LogP contribution in [0.1, 0.15) is 37.9 Å². The average Bonchev–Trinajstić information content (AvgIpc) is 3.17. The number of carbonyl (C=O) groups excluding carboxylic acids is 1. The molecular formula is C15H21F3N4O2. The second kappa shape index (κ2) is 6.62. The zero-order valence-electron chi connectivity index (χ0n) is 13.4. The molecule has 0 aliphatic carbocycles. The van der Waals surface area contributed by atoms with Crippen LogP contribution in [0.25, 0.3) is 0 Å². The average molecular weight is 346 g/mol. The number of rotatable bonds is 2. The quantitative estimate of drug-likeness (QED) is 0.895. The number of carbonyl (C=O) groups is 1. The summed E-state index contributed by atoms with van der Waals surface area (Å²) in [5, 5.41) is 6.59. The summed E-state index contributed by atoms with van der Waals surface area (Å²) in [6.07, 6.45) is -1.08. The molecule has 2 aliphatic heterocycles. The second-order valence-electron chi connectivity index (χ2n) is 6.32. The maximum atomic E-state index is 12.6. The van der Waals surface area contributed by atoms with Crippen molar-refractivity contribution in [1.29, 1.82) is 0 Å². The third-order valence-corrected chi connectivity index (χ3v) is 4.71. The summed E-state index contributed by atoms with van der Waals surface area (Å²) < 4.78 is 44.6. The van der Waals surface area contributed by atoms with Gasteiger partial charge in [0.05, 0.1) is 18.2 Å². The third kappa shape index (κ3) is 3.66. The first-order valence-corrected chi connectivity index (χ1v) is 8.14. The van der Waals surface area contributed by atoms with Crippen LogP contribution >= 0.6 is 0 Å². The van der Waals surface area contributed by atoms with Crippen molar-refractivity contribution >= 4 is 6.03 Å². The van der Waals surface area contributed by atoms with Gasteiger partial charge in [-0.2, -0.15) is 18.3 Å². The highest BCUT2D eigenvalue weighted by atomic mass is 19.4. The smallest absolute Gasteiger partial charge is 0.376 e. The molecule has 0 bridgehead atoms. The molecule has 24 heavy (non-hydrogen) atoms. The van der Waals surface area contributed by atoms with Crippen molar-refractivity contribution in [2.45, 2.75) is 50.6 Å². The Hall–Kier alpha value is -1.77. The number of urea groups is 1. The zero-order valence-corrected chi connectivity index (χ0v) is 13.4. The monoisotopic (exact) mass is 346 g/mol. The molecule has 0 saturated carbocycles. The Morgan fingerprint density at radius 3 is 2.58 bits per heavy atom. The lowest BCUT2D eigenvalue weighted by Crippen LogP contribution is -2.49. The van der Waals surface area contributed by atoms with Gasteiger partial charge in [0.2, 0.25) is 0 Å². The van der Waals surface area contributed by atoms with Crippen LogP contribution in [0, 0.1) is 0 Å². The summed E-state index contributed by atoms with van der Waals surface area (Å²) in [7, 11) is 0. The number of hydrogen-bond acceptors (Lipinski definition) is 3. The Morgan fingerprint density at radius 1 is 1.33 bits per heavy atom. The number of nitrogens with one attached hydrogen (secondary N) is 1. The molecule has 1 aromatic heterocycles. The minimum absolute atomic E-state index is 0.0105. The van der Waals surface area contributed by atoms with Gasteiger partial charge < -0.3 is 15.0 Å². The molecule has 1 aromatic rings. The first-order valence-electron chi connectivity index (χ1n) is 8.14. The second-order valence-corrected chi connectivity index (χ2v) is 6.32. The third-order valence-electron chi connectivity index (χ3n) is 4.71. The van der Waals surface area contributed by atoms with E-state index in [4.69, 9.17) is 4.74 Å². The van der Waals surface area contributed by atoms with Crippen molar-refractivity contribution < 1.29 is 22.7 Å². The predicted molar refractivity (Wildman–Crippen MR) is 79.4 cm³/mol. The fourth-order valence-corrected chi connectivity index (χ4v) is 3.20. The van der Waals surface area contributed by atoms with Gasteiger partial charge in [-0.15, -0.1) is 0 Å². The molecular weight excluding hydrogens is 325 g/mol. The molecule has 0 spiro atoms. The lowest BCUT2D eigenvalue weighted by atomic mass is 10.1. The van der Waals surface area contributed by atoms with E-state index in [9.17, 15) is 18.0 Å². The summed E-state index contributed by atoms with van der Waals surface area (Å²) in [5.74, 6) is 0. The maximum Gasteiger partial charge on any atom is 0.435 e. The molecule has 3 heterocycles. The van der Waals surface area contributed by atoms with Crippen molar-refractivity contribution in [1.82, 2.24) is 20.0 Å². The molecule has 0 unspecified atom stereocenters. The van der Waals surface area contributed by atoms with E-state index in [1.54, 1.807) is 4.90 Å². The van der Waals surface area contributed by atoms with E-state index in [-0.39, 0.29) is 24.2 Å². The predicted octanol–water partition coefficient (Wildman–Crippen LogP) is 2.43. The summed E-state index contributed by atoms with van der Waals surface area (Å²) in [6.45, 7) is 3.58. The molecule has 2 aliphatic rings. The van der Waals surface area contributed by atoms with E-state index in [0.717, 1.165) is 12.5 Å². The van der Waals surface area contributed by atoms with E-state index in [1.807, 2.05) is 6.92 Å². The highest BCUT2D eigenvalue weighted by Crippen LogP contribution is 2.29. The molecule has 2 atom stereocenters. The van der Waals surface area contributed by atoms with Gasteiger partial charge in [-0.25, -0.2) is 4.79 Å². The van der Waals surface area contributed by atoms with E-state index < -0.39 is 11.9 Å². The molecule has 1 N–H and O–H groups in total. The van der Waals surface area contributed by atoms with Crippen LogP contribution in [0.4, 0.5) is 18.0 Å². The van der Waals surface area contributed by atoms with E-state index >= 15 is 0 Å². The van der Waals surface area contributed by atoms with Crippen LogP contribution in [-0.4, -0.2) is 52.6 Å². The summed E-state index contributed by atoms with van der Waals surface area (Å²) in [4.78, 5) is 14.0. The van der Waals surface area contributed by atoms with Gasteiger partial charge in [0, 0.05) is 25.9 Å². The fourth-order valence-electron chi connectivity index (χ4n) is 3.20. The van der Waals surface area contributed by atoms with Crippen molar-refractivity contribution in [3.8, 4) is 0 Å². The highest BCUT2D eigenvalue weighted by Gasteiger charge is 2.35.